The molecule has 27 heavy (non-hydrogen) atoms. The maximum atomic E-state index is 12.2. The van der Waals surface area contributed by atoms with Crippen molar-refractivity contribution in [3.63, 3.8) is 0 Å². The monoisotopic (exact) mass is 409 g/mol. The van der Waals surface area contributed by atoms with Crippen LogP contribution < -0.4 is 4.72 Å². The van der Waals surface area contributed by atoms with Gasteiger partial charge >= 0.3 is 10.3 Å². The number of ether oxygens (including phenoxy) is 6. The first-order chi connectivity index (χ1) is 12.4. The summed E-state index contributed by atoms with van der Waals surface area (Å²) in [4.78, 5) is 0. The zero-order chi connectivity index (χ0) is 20.1. The zero-order valence-electron chi connectivity index (χ0n) is 16.1. The SMILES string of the molecule is C=C(NS(=O)(=O)OC[C@@]12OC[C@H]3OC(C)(C)O[C@H]3[C@@H]1OC(C)(C)O2)OCC. The van der Waals surface area contributed by atoms with Gasteiger partial charge in [0, 0.05) is 0 Å². The van der Waals surface area contributed by atoms with E-state index < -0.39 is 46.5 Å². The van der Waals surface area contributed by atoms with Crippen molar-refractivity contribution in [2.45, 2.75) is 70.3 Å². The molecular weight excluding hydrogens is 382 g/mol. The van der Waals surface area contributed by atoms with Crippen molar-refractivity contribution in [2.75, 3.05) is 19.8 Å². The number of nitrogens with one attached hydrogen (secondary N) is 1. The van der Waals surface area contributed by atoms with Crippen molar-refractivity contribution in [1.29, 1.82) is 0 Å². The van der Waals surface area contributed by atoms with E-state index in [1.807, 2.05) is 0 Å². The Bertz CT molecular complexity index is 692. The Kier molecular flexibility index (Phi) is 5.26. The minimum atomic E-state index is -4.19. The maximum absolute atomic E-state index is 12.2. The van der Waals surface area contributed by atoms with Gasteiger partial charge < -0.3 is 28.4 Å². The van der Waals surface area contributed by atoms with E-state index in [2.05, 4.69) is 11.3 Å². The summed E-state index contributed by atoms with van der Waals surface area (Å²) >= 11 is 0. The van der Waals surface area contributed by atoms with E-state index in [-0.39, 0.29) is 25.2 Å². The van der Waals surface area contributed by atoms with Crippen LogP contribution in [0.15, 0.2) is 12.5 Å². The van der Waals surface area contributed by atoms with Crippen LogP contribution >= 0.6 is 0 Å². The van der Waals surface area contributed by atoms with E-state index in [1.54, 1.807) is 34.6 Å². The molecule has 3 heterocycles. The van der Waals surface area contributed by atoms with Gasteiger partial charge in [0.05, 0.1) is 13.2 Å². The molecule has 0 unspecified atom stereocenters. The molecule has 1 N–H and O–H groups in total. The Morgan fingerprint density at radius 3 is 2.56 bits per heavy atom. The molecule has 0 radical (unpaired) electrons. The Morgan fingerprint density at radius 2 is 1.89 bits per heavy atom. The minimum absolute atomic E-state index is 0.144. The average molecular weight is 409 g/mol. The van der Waals surface area contributed by atoms with Gasteiger partial charge in [-0.25, -0.2) is 8.91 Å². The van der Waals surface area contributed by atoms with Crippen LogP contribution in [0.4, 0.5) is 0 Å². The van der Waals surface area contributed by atoms with E-state index in [9.17, 15) is 8.42 Å². The molecule has 0 amide bonds. The molecule has 0 aromatic rings. The lowest BCUT2D eigenvalue weighted by molar-refractivity contribution is -0.290. The first kappa shape index (κ1) is 20.8. The molecule has 0 spiro atoms. The first-order valence-corrected chi connectivity index (χ1v) is 10.1. The van der Waals surface area contributed by atoms with Gasteiger partial charge in [-0.3, -0.25) is 0 Å². The molecule has 0 aromatic heterocycles. The summed E-state index contributed by atoms with van der Waals surface area (Å²) in [5.74, 6) is -3.44. The molecule has 11 heteroatoms. The summed E-state index contributed by atoms with van der Waals surface area (Å²) in [5, 5.41) is 0. The van der Waals surface area contributed by atoms with Crippen molar-refractivity contribution in [3.8, 4) is 0 Å². The Balaban J connectivity index is 1.75. The van der Waals surface area contributed by atoms with Gasteiger partial charge in [0.2, 0.25) is 5.79 Å². The molecule has 3 fully saturated rings. The standard InChI is InChI=1S/C16H27NO9S/c1-7-20-10(2)17-27(18,19)22-9-16-13(25-15(5,6)26-16)12-11(8-21-16)23-14(3,4)24-12/h11-13,17H,2,7-9H2,1,3-6H3/t11-,12-,13+,16+/m1/s1. The van der Waals surface area contributed by atoms with Gasteiger partial charge in [-0.1, -0.05) is 0 Å². The van der Waals surface area contributed by atoms with E-state index in [4.69, 9.17) is 32.6 Å². The summed E-state index contributed by atoms with van der Waals surface area (Å²) in [5.41, 5.74) is 0. The number of fused-ring (bicyclic) bond motifs is 3. The number of hydrogen-bond acceptors (Lipinski definition) is 9. The molecule has 0 bridgehead atoms. The van der Waals surface area contributed by atoms with Crippen LogP contribution in [0, 0.1) is 0 Å². The molecule has 0 aliphatic carbocycles. The van der Waals surface area contributed by atoms with E-state index >= 15 is 0 Å². The van der Waals surface area contributed by atoms with Gasteiger partial charge in [-0.05, 0) is 41.2 Å². The fourth-order valence-corrected chi connectivity index (χ4v) is 4.20. The highest BCUT2D eigenvalue weighted by molar-refractivity contribution is 7.84. The molecule has 3 saturated heterocycles. The number of hydrogen-bond donors (Lipinski definition) is 1. The Labute approximate surface area is 159 Å². The third-order valence-electron chi connectivity index (χ3n) is 4.25. The fourth-order valence-electron chi connectivity index (χ4n) is 3.48. The molecule has 3 aliphatic heterocycles. The summed E-state index contributed by atoms with van der Waals surface area (Å²) < 4.78 is 65.9. The van der Waals surface area contributed by atoms with Crippen LogP contribution in [0.25, 0.3) is 0 Å². The topological polar surface area (TPSA) is 111 Å². The summed E-state index contributed by atoms with van der Waals surface area (Å²) in [6.45, 7) is 12.1. The van der Waals surface area contributed by atoms with Gasteiger partial charge in [0.25, 0.3) is 0 Å². The second-order valence-corrected chi connectivity index (χ2v) is 8.82. The van der Waals surface area contributed by atoms with Crippen molar-refractivity contribution in [3.05, 3.63) is 12.5 Å². The predicted molar refractivity (Wildman–Crippen MR) is 91.3 cm³/mol. The van der Waals surface area contributed by atoms with Gasteiger partial charge in [0.1, 0.15) is 24.9 Å². The largest absolute Gasteiger partial charge is 0.479 e. The zero-order valence-corrected chi connectivity index (χ0v) is 17.0. The molecule has 0 aromatic carbocycles. The highest BCUT2D eigenvalue weighted by Gasteiger charge is 2.65. The van der Waals surface area contributed by atoms with Crippen LogP contribution in [-0.4, -0.2) is 63.9 Å². The highest BCUT2D eigenvalue weighted by atomic mass is 32.2. The second-order valence-electron chi connectivity index (χ2n) is 7.48. The lowest BCUT2D eigenvalue weighted by atomic mass is 9.98. The molecular formula is C16H27NO9S. The quantitative estimate of drug-likeness (QED) is 0.609. The molecule has 4 atom stereocenters. The molecule has 0 saturated carbocycles. The minimum Gasteiger partial charge on any atom is -0.479 e. The smallest absolute Gasteiger partial charge is 0.362 e. The fraction of sp³-hybridized carbons (Fsp3) is 0.875. The van der Waals surface area contributed by atoms with Crippen LogP contribution in [0.3, 0.4) is 0 Å². The summed E-state index contributed by atoms with van der Waals surface area (Å²) in [6.07, 6.45) is -1.59. The molecule has 3 aliphatic rings. The molecule has 10 nitrogen and oxygen atoms in total. The molecule has 156 valence electrons. The summed E-state index contributed by atoms with van der Waals surface area (Å²) in [6, 6.07) is 0. The van der Waals surface area contributed by atoms with Crippen molar-refractivity contribution in [2.24, 2.45) is 0 Å². The van der Waals surface area contributed by atoms with Crippen LogP contribution in [0.5, 0.6) is 0 Å². The van der Waals surface area contributed by atoms with Crippen molar-refractivity contribution < 1.29 is 41.0 Å². The predicted octanol–water partition coefficient (Wildman–Crippen LogP) is 0.743. The summed E-state index contributed by atoms with van der Waals surface area (Å²) in [7, 11) is -4.19. The third kappa shape index (κ3) is 4.39. The average Bonchev–Trinajstić information content (AvgIpc) is 2.97. The first-order valence-electron chi connectivity index (χ1n) is 8.73. The highest BCUT2D eigenvalue weighted by Crippen LogP contribution is 2.47. The number of rotatable bonds is 7. The van der Waals surface area contributed by atoms with Crippen molar-refractivity contribution in [1.82, 2.24) is 4.72 Å². The van der Waals surface area contributed by atoms with Crippen LogP contribution in [0.2, 0.25) is 0 Å². The van der Waals surface area contributed by atoms with E-state index in [1.165, 1.54) is 0 Å². The van der Waals surface area contributed by atoms with Crippen LogP contribution in [0.1, 0.15) is 34.6 Å². The van der Waals surface area contributed by atoms with Gasteiger partial charge in [0.15, 0.2) is 17.5 Å². The lowest BCUT2D eigenvalue weighted by Crippen LogP contribution is -2.60. The lowest BCUT2D eigenvalue weighted by Gasteiger charge is -2.40. The second kappa shape index (κ2) is 6.83. The Morgan fingerprint density at radius 1 is 1.19 bits per heavy atom. The normalized spacial score (nSPS) is 36.7. The van der Waals surface area contributed by atoms with Crippen LogP contribution in [-0.2, 0) is 42.9 Å². The van der Waals surface area contributed by atoms with Gasteiger partial charge in [-0.15, -0.1) is 0 Å². The van der Waals surface area contributed by atoms with E-state index in [0.29, 0.717) is 0 Å². The van der Waals surface area contributed by atoms with Crippen molar-refractivity contribution >= 4 is 10.3 Å². The molecule has 3 rings (SSSR count). The Hall–Kier alpha value is -0.950. The van der Waals surface area contributed by atoms with E-state index in [0.717, 1.165) is 0 Å². The van der Waals surface area contributed by atoms with Gasteiger partial charge in [-0.2, -0.15) is 8.42 Å². The third-order valence-corrected chi connectivity index (χ3v) is 5.15. The maximum Gasteiger partial charge on any atom is 0.362 e.